The molecule has 140 valence electrons. The molecule has 0 saturated heterocycles. The number of hydrogen-bond acceptors (Lipinski definition) is 4. The highest BCUT2D eigenvalue weighted by Gasteiger charge is 2.29. The van der Waals surface area contributed by atoms with Crippen molar-refractivity contribution in [1.82, 2.24) is 4.98 Å². The van der Waals surface area contributed by atoms with Crippen LogP contribution in [0.25, 0.3) is 0 Å². The SMILES string of the molecule is CN(Cc1cccnc1)c1ccc(N=CC2C(=O)Nc3cc(F)ccc32)cc1. The van der Waals surface area contributed by atoms with E-state index in [0.29, 0.717) is 5.69 Å². The third-order valence-corrected chi connectivity index (χ3v) is 4.70. The van der Waals surface area contributed by atoms with Crippen molar-refractivity contribution in [1.29, 1.82) is 0 Å². The quantitative estimate of drug-likeness (QED) is 0.678. The standard InChI is InChI=1S/C22H19FN4O/c1-27(14-15-3-2-10-24-12-15)18-7-5-17(6-8-18)25-13-20-19-9-4-16(23)11-21(19)26-22(20)28/h2-13,20H,14H2,1H3,(H,26,28). The number of halogens is 1. The van der Waals surface area contributed by atoms with E-state index in [2.05, 4.69) is 20.2 Å². The highest BCUT2D eigenvalue weighted by atomic mass is 19.1. The topological polar surface area (TPSA) is 57.6 Å². The molecule has 1 aromatic heterocycles. The van der Waals surface area contributed by atoms with E-state index >= 15 is 0 Å². The van der Waals surface area contributed by atoms with Crippen molar-refractivity contribution in [2.75, 3.05) is 17.3 Å². The number of benzene rings is 2. The fourth-order valence-corrected chi connectivity index (χ4v) is 3.22. The second-order valence-corrected chi connectivity index (χ2v) is 6.71. The number of carbonyl (C=O) groups is 1. The number of carbonyl (C=O) groups excluding carboxylic acids is 1. The van der Waals surface area contributed by atoms with E-state index in [-0.39, 0.29) is 11.7 Å². The van der Waals surface area contributed by atoms with Gasteiger partial charge in [0.1, 0.15) is 11.7 Å². The lowest BCUT2D eigenvalue weighted by atomic mass is 10.0. The smallest absolute Gasteiger partial charge is 0.237 e. The van der Waals surface area contributed by atoms with Crippen molar-refractivity contribution >= 4 is 29.2 Å². The first-order valence-electron chi connectivity index (χ1n) is 8.95. The molecule has 0 radical (unpaired) electrons. The Morgan fingerprint density at radius 2 is 2.04 bits per heavy atom. The number of pyridine rings is 1. The van der Waals surface area contributed by atoms with Gasteiger partial charge in [-0.3, -0.25) is 14.8 Å². The Morgan fingerprint density at radius 3 is 2.79 bits per heavy atom. The molecule has 1 aliphatic heterocycles. The zero-order valence-corrected chi connectivity index (χ0v) is 15.3. The summed E-state index contributed by atoms with van der Waals surface area (Å²) in [5.41, 5.74) is 4.19. The summed E-state index contributed by atoms with van der Waals surface area (Å²) >= 11 is 0. The number of anilines is 2. The predicted molar refractivity (Wildman–Crippen MR) is 109 cm³/mol. The van der Waals surface area contributed by atoms with E-state index in [4.69, 9.17) is 0 Å². The summed E-state index contributed by atoms with van der Waals surface area (Å²) in [5.74, 6) is -1.08. The number of hydrogen-bond donors (Lipinski definition) is 1. The summed E-state index contributed by atoms with van der Waals surface area (Å²) in [6, 6.07) is 16.1. The third kappa shape index (κ3) is 3.76. The molecule has 0 aliphatic carbocycles. The maximum atomic E-state index is 13.3. The van der Waals surface area contributed by atoms with Crippen LogP contribution in [0.4, 0.5) is 21.5 Å². The van der Waals surface area contributed by atoms with Crippen LogP contribution in [0, 0.1) is 5.82 Å². The molecule has 0 bridgehead atoms. The second kappa shape index (κ2) is 7.60. The summed E-state index contributed by atoms with van der Waals surface area (Å²) in [4.78, 5) is 22.8. The first-order chi connectivity index (χ1) is 13.6. The van der Waals surface area contributed by atoms with Crippen LogP contribution in [0.3, 0.4) is 0 Å². The van der Waals surface area contributed by atoms with Crippen LogP contribution in [0.2, 0.25) is 0 Å². The van der Waals surface area contributed by atoms with Crippen molar-refractivity contribution in [3.05, 3.63) is 83.9 Å². The molecule has 1 atom stereocenters. The Hall–Kier alpha value is -3.54. The van der Waals surface area contributed by atoms with Gasteiger partial charge in [0.05, 0.1) is 5.69 Å². The van der Waals surface area contributed by atoms with Crippen LogP contribution < -0.4 is 10.2 Å². The maximum Gasteiger partial charge on any atom is 0.237 e. The van der Waals surface area contributed by atoms with Gasteiger partial charge in [-0.05, 0) is 53.6 Å². The van der Waals surface area contributed by atoms with Gasteiger partial charge in [-0.1, -0.05) is 12.1 Å². The number of amides is 1. The normalized spacial score (nSPS) is 15.5. The van der Waals surface area contributed by atoms with Crippen LogP contribution in [0.5, 0.6) is 0 Å². The highest BCUT2D eigenvalue weighted by Crippen LogP contribution is 2.32. The zero-order valence-electron chi connectivity index (χ0n) is 15.3. The van der Waals surface area contributed by atoms with Crippen LogP contribution >= 0.6 is 0 Å². The summed E-state index contributed by atoms with van der Waals surface area (Å²) in [7, 11) is 2.02. The predicted octanol–water partition coefficient (Wildman–Crippen LogP) is 4.30. The molecule has 1 amide bonds. The number of rotatable bonds is 5. The van der Waals surface area contributed by atoms with E-state index in [1.807, 2.05) is 49.6 Å². The minimum absolute atomic E-state index is 0.197. The van der Waals surface area contributed by atoms with Gasteiger partial charge in [0.15, 0.2) is 0 Å². The molecule has 0 saturated carbocycles. The number of nitrogens with one attached hydrogen (secondary N) is 1. The molecule has 5 nitrogen and oxygen atoms in total. The minimum Gasteiger partial charge on any atom is -0.370 e. The largest absolute Gasteiger partial charge is 0.370 e. The van der Waals surface area contributed by atoms with E-state index in [1.54, 1.807) is 18.5 Å². The second-order valence-electron chi connectivity index (χ2n) is 6.71. The Kier molecular flexibility index (Phi) is 4.85. The lowest BCUT2D eigenvalue weighted by Crippen LogP contribution is -2.16. The summed E-state index contributed by atoms with van der Waals surface area (Å²) in [5, 5.41) is 2.69. The minimum atomic E-state index is -0.511. The van der Waals surface area contributed by atoms with Gasteiger partial charge in [-0.25, -0.2) is 4.39 Å². The van der Waals surface area contributed by atoms with Gasteiger partial charge in [0.2, 0.25) is 5.91 Å². The van der Waals surface area contributed by atoms with Gasteiger partial charge in [-0.15, -0.1) is 0 Å². The Bertz CT molecular complexity index is 1020. The summed E-state index contributed by atoms with van der Waals surface area (Å²) in [6.45, 7) is 0.756. The van der Waals surface area contributed by atoms with Gasteiger partial charge in [-0.2, -0.15) is 0 Å². The number of nitrogens with zero attached hydrogens (tertiary/aromatic N) is 3. The Morgan fingerprint density at radius 1 is 1.21 bits per heavy atom. The van der Waals surface area contributed by atoms with Gasteiger partial charge in [0.25, 0.3) is 0 Å². The maximum absolute atomic E-state index is 13.3. The van der Waals surface area contributed by atoms with Crippen molar-refractivity contribution in [3.63, 3.8) is 0 Å². The Balaban J connectivity index is 1.46. The molecule has 1 aliphatic rings. The molecule has 6 heteroatoms. The van der Waals surface area contributed by atoms with Crippen LogP contribution in [-0.2, 0) is 11.3 Å². The highest BCUT2D eigenvalue weighted by molar-refractivity contribution is 6.12. The zero-order chi connectivity index (χ0) is 19.5. The van der Waals surface area contributed by atoms with Crippen molar-refractivity contribution in [3.8, 4) is 0 Å². The molecule has 2 heterocycles. The molecular formula is C22H19FN4O. The molecule has 1 N–H and O–H groups in total. The van der Waals surface area contributed by atoms with Crippen LogP contribution in [-0.4, -0.2) is 24.2 Å². The lowest BCUT2D eigenvalue weighted by Gasteiger charge is -2.19. The number of fused-ring (bicyclic) bond motifs is 1. The average Bonchev–Trinajstić information content (AvgIpc) is 3.01. The summed E-state index contributed by atoms with van der Waals surface area (Å²) in [6.07, 6.45) is 5.22. The molecular weight excluding hydrogens is 355 g/mol. The fourth-order valence-electron chi connectivity index (χ4n) is 3.22. The monoisotopic (exact) mass is 374 g/mol. The van der Waals surface area contributed by atoms with Crippen LogP contribution in [0.15, 0.2) is 72.0 Å². The molecule has 0 fully saturated rings. The van der Waals surface area contributed by atoms with Crippen molar-refractivity contribution in [2.45, 2.75) is 12.5 Å². The molecule has 3 aromatic rings. The van der Waals surface area contributed by atoms with E-state index in [1.165, 1.54) is 12.1 Å². The van der Waals surface area contributed by atoms with Gasteiger partial charge >= 0.3 is 0 Å². The number of aromatic nitrogens is 1. The molecule has 4 rings (SSSR count). The van der Waals surface area contributed by atoms with E-state index in [0.717, 1.165) is 29.0 Å². The fraction of sp³-hybridized carbons (Fsp3) is 0.136. The summed E-state index contributed by atoms with van der Waals surface area (Å²) < 4.78 is 13.3. The molecule has 0 spiro atoms. The molecule has 28 heavy (non-hydrogen) atoms. The third-order valence-electron chi connectivity index (χ3n) is 4.70. The first-order valence-corrected chi connectivity index (χ1v) is 8.95. The van der Waals surface area contributed by atoms with E-state index < -0.39 is 5.92 Å². The van der Waals surface area contributed by atoms with Crippen molar-refractivity contribution in [2.24, 2.45) is 4.99 Å². The Labute approximate surface area is 162 Å². The van der Waals surface area contributed by atoms with Crippen LogP contribution in [0.1, 0.15) is 17.0 Å². The molecule has 1 unspecified atom stereocenters. The lowest BCUT2D eigenvalue weighted by molar-refractivity contribution is -0.115. The number of aliphatic imine (C=N–C) groups is 1. The first kappa shape index (κ1) is 17.9. The van der Waals surface area contributed by atoms with Gasteiger partial charge < -0.3 is 10.2 Å². The average molecular weight is 374 g/mol. The van der Waals surface area contributed by atoms with Crippen molar-refractivity contribution < 1.29 is 9.18 Å². The van der Waals surface area contributed by atoms with Gasteiger partial charge in [0, 0.05) is 43.6 Å². The molecule has 2 aromatic carbocycles. The van der Waals surface area contributed by atoms with E-state index in [9.17, 15) is 9.18 Å².